The molecular formula is C24H28FN5O3. The highest BCUT2D eigenvalue weighted by Crippen LogP contribution is 2.44. The summed E-state index contributed by atoms with van der Waals surface area (Å²) in [6.45, 7) is 1.14. The van der Waals surface area contributed by atoms with Crippen LogP contribution in [0.1, 0.15) is 48.0 Å². The standard InChI is InChI=1S/C24H28FN5O3/c1-33-21-7-2-14(8-20(21)25)10-26-22-19(23(32)28-17-3-5-18(31)6-4-17)11-27-24(29-22)30-12-15-9-16(15)13-30/h2,7-8,11-12,16-18,31H,3-6,9-10,13H2,1H3,(H,28,32)(H,26,27,29)/t16?,17-,18-. The largest absolute Gasteiger partial charge is 0.494 e. The van der Waals surface area contributed by atoms with Gasteiger partial charge in [0.1, 0.15) is 11.4 Å². The first-order valence-corrected chi connectivity index (χ1v) is 11.4. The second kappa shape index (κ2) is 8.97. The molecule has 1 unspecified atom stereocenters. The predicted molar refractivity (Wildman–Crippen MR) is 122 cm³/mol. The zero-order valence-electron chi connectivity index (χ0n) is 18.6. The number of carbonyl (C=O) groups is 1. The first kappa shape index (κ1) is 21.6. The van der Waals surface area contributed by atoms with E-state index in [-0.39, 0.29) is 30.3 Å². The van der Waals surface area contributed by atoms with E-state index in [4.69, 9.17) is 4.74 Å². The summed E-state index contributed by atoms with van der Waals surface area (Å²) in [6.07, 6.45) is 7.32. The third-order valence-electron chi connectivity index (χ3n) is 6.57. The van der Waals surface area contributed by atoms with Crippen molar-refractivity contribution in [2.45, 2.75) is 50.8 Å². The molecule has 8 nitrogen and oxygen atoms in total. The molecule has 2 saturated carbocycles. The smallest absolute Gasteiger partial charge is 0.256 e. The minimum Gasteiger partial charge on any atom is -0.494 e. The molecule has 2 heterocycles. The second-order valence-corrected chi connectivity index (χ2v) is 8.99. The number of amides is 1. The number of methoxy groups -OCH3 is 1. The van der Waals surface area contributed by atoms with Crippen molar-refractivity contribution in [1.29, 1.82) is 0 Å². The van der Waals surface area contributed by atoms with E-state index in [1.165, 1.54) is 18.7 Å². The number of hydrogen-bond acceptors (Lipinski definition) is 7. The molecule has 2 aromatic rings. The van der Waals surface area contributed by atoms with Gasteiger partial charge < -0.3 is 25.4 Å². The Labute approximate surface area is 191 Å². The Kier molecular flexibility index (Phi) is 5.88. The summed E-state index contributed by atoms with van der Waals surface area (Å²) < 4.78 is 19.1. The summed E-state index contributed by atoms with van der Waals surface area (Å²) in [7, 11) is 1.42. The lowest BCUT2D eigenvalue weighted by Gasteiger charge is -2.26. The van der Waals surface area contributed by atoms with Gasteiger partial charge >= 0.3 is 0 Å². The SMILES string of the molecule is COc1ccc(CNc2nc(N3C=C4CC4C3)ncc2C(=O)N[C@H]2CC[C@H](O)CC2)cc1F. The van der Waals surface area contributed by atoms with Crippen LogP contribution in [0.2, 0.25) is 0 Å². The van der Waals surface area contributed by atoms with Crippen molar-refractivity contribution < 1.29 is 19.0 Å². The third kappa shape index (κ3) is 4.78. The molecule has 1 aromatic heterocycles. The molecule has 1 atom stereocenters. The highest BCUT2D eigenvalue weighted by molar-refractivity contribution is 5.98. The van der Waals surface area contributed by atoms with Crippen molar-refractivity contribution in [1.82, 2.24) is 15.3 Å². The van der Waals surface area contributed by atoms with Gasteiger partial charge in [-0.15, -0.1) is 0 Å². The van der Waals surface area contributed by atoms with Crippen LogP contribution in [0.4, 0.5) is 16.2 Å². The van der Waals surface area contributed by atoms with Crippen LogP contribution < -0.4 is 20.3 Å². The van der Waals surface area contributed by atoms with Crippen LogP contribution in [0, 0.1) is 11.7 Å². The van der Waals surface area contributed by atoms with Gasteiger partial charge in [-0.05, 0) is 55.4 Å². The molecule has 2 fully saturated rings. The summed E-state index contributed by atoms with van der Waals surface area (Å²) in [6, 6.07) is 4.76. The average Bonchev–Trinajstić information content (AvgIpc) is 3.43. The number of aliphatic hydroxyl groups is 1. The lowest BCUT2D eigenvalue weighted by atomic mass is 9.93. The molecule has 0 bridgehead atoms. The van der Waals surface area contributed by atoms with Gasteiger partial charge in [-0.3, -0.25) is 4.79 Å². The Balaban J connectivity index is 1.35. The molecule has 2 aliphatic carbocycles. The van der Waals surface area contributed by atoms with E-state index in [9.17, 15) is 14.3 Å². The number of hydrogen-bond donors (Lipinski definition) is 3. The number of benzene rings is 1. The van der Waals surface area contributed by atoms with Crippen LogP contribution in [0.25, 0.3) is 0 Å². The van der Waals surface area contributed by atoms with Crippen molar-refractivity contribution in [3.63, 3.8) is 0 Å². The first-order valence-electron chi connectivity index (χ1n) is 11.4. The van der Waals surface area contributed by atoms with Crippen molar-refractivity contribution in [3.05, 3.63) is 53.1 Å². The summed E-state index contributed by atoms with van der Waals surface area (Å²) >= 11 is 0. The quantitative estimate of drug-likeness (QED) is 0.593. The van der Waals surface area contributed by atoms with E-state index < -0.39 is 5.82 Å². The lowest BCUT2D eigenvalue weighted by Crippen LogP contribution is -2.39. The monoisotopic (exact) mass is 453 g/mol. The van der Waals surface area contributed by atoms with E-state index in [1.807, 2.05) is 4.90 Å². The number of rotatable bonds is 7. The molecule has 0 saturated heterocycles. The van der Waals surface area contributed by atoms with E-state index in [1.54, 1.807) is 18.3 Å². The van der Waals surface area contributed by atoms with Crippen LogP contribution >= 0.6 is 0 Å². The van der Waals surface area contributed by atoms with E-state index >= 15 is 0 Å². The Morgan fingerprint density at radius 2 is 2.12 bits per heavy atom. The van der Waals surface area contributed by atoms with Crippen molar-refractivity contribution >= 4 is 17.7 Å². The third-order valence-corrected chi connectivity index (χ3v) is 6.57. The molecule has 33 heavy (non-hydrogen) atoms. The highest BCUT2D eigenvalue weighted by Gasteiger charge is 2.38. The van der Waals surface area contributed by atoms with Gasteiger partial charge in [-0.2, -0.15) is 4.98 Å². The summed E-state index contributed by atoms with van der Waals surface area (Å²) in [5.74, 6) is 1.02. The van der Waals surface area contributed by atoms with E-state index in [0.717, 1.165) is 25.8 Å². The van der Waals surface area contributed by atoms with Gasteiger partial charge in [0.2, 0.25) is 5.95 Å². The van der Waals surface area contributed by atoms with Gasteiger partial charge in [0.25, 0.3) is 5.91 Å². The zero-order valence-corrected chi connectivity index (χ0v) is 18.6. The van der Waals surface area contributed by atoms with Crippen molar-refractivity contribution in [3.8, 4) is 5.75 Å². The number of nitrogens with one attached hydrogen (secondary N) is 2. The molecule has 0 spiro atoms. The fraction of sp³-hybridized carbons (Fsp3) is 0.458. The van der Waals surface area contributed by atoms with E-state index in [0.29, 0.717) is 41.7 Å². The fourth-order valence-corrected chi connectivity index (χ4v) is 4.50. The van der Waals surface area contributed by atoms with Crippen LogP contribution in [-0.2, 0) is 6.54 Å². The Bertz CT molecular complexity index is 1080. The maximum atomic E-state index is 14.1. The summed E-state index contributed by atoms with van der Waals surface area (Å²) in [5, 5.41) is 16.0. The maximum absolute atomic E-state index is 14.1. The molecular weight excluding hydrogens is 425 g/mol. The second-order valence-electron chi connectivity index (χ2n) is 8.99. The molecule has 1 amide bonds. The Hall–Kier alpha value is -3.20. The fourth-order valence-electron chi connectivity index (χ4n) is 4.50. The Morgan fingerprint density at radius 1 is 1.30 bits per heavy atom. The average molecular weight is 454 g/mol. The molecule has 9 heteroatoms. The van der Waals surface area contributed by atoms with Crippen molar-refractivity contribution in [2.75, 3.05) is 23.9 Å². The number of carbonyl (C=O) groups excluding carboxylic acids is 1. The minimum absolute atomic E-state index is 0.0135. The predicted octanol–water partition coefficient (Wildman–Crippen LogP) is 2.99. The van der Waals surface area contributed by atoms with Gasteiger partial charge in [-0.1, -0.05) is 6.07 Å². The number of anilines is 2. The van der Waals surface area contributed by atoms with E-state index in [2.05, 4.69) is 26.8 Å². The molecule has 3 N–H and O–H groups in total. The zero-order chi connectivity index (χ0) is 22.9. The normalized spacial score (nSPS) is 23.5. The number of halogens is 1. The van der Waals surface area contributed by atoms with Gasteiger partial charge in [0, 0.05) is 37.4 Å². The summed E-state index contributed by atoms with van der Waals surface area (Å²) in [5.41, 5.74) is 2.45. The van der Waals surface area contributed by atoms with Crippen LogP contribution in [-0.4, -0.2) is 46.8 Å². The van der Waals surface area contributed by atoms with Crippen molar-refractivity contribution in [2.24, 2.45) is 5.92 Å². The maximum Gasteiger partial charge on any atom is 0.256 e. The number of ether oxygens (including phenoxy) is 1. The first-order chi connectivity index (χ1) is 16.0. The number of aliphatic hydroxyl groups excluding tert-OH is 1. The number of aromatic nitrogens is 2. The molecule has 0 radical (unpaired) electrons. The summed E-state index contributed by atoms with van der Waals surface area (Å²) in [4.78, 5) is 24.2. The minimum atomic E-state index is -0.444. The van der Waals surface area contributed by atoms with Gasteiger partial charge in [0.15, 0.2) is 11.6 Å². The van der Waals surface area contributed by atoms with Gasteiger partial charge in [-0.25, -0.2) is 9.37 Å². The van der Waals surface area contributed by atoms with Crippen LogP contribution in [0.3, 0.4) is 0 Å². The molecule has 174 valence electrons. The highest BCUT2D eigenvalue weighted by atomic mass is 19.1. The molecule has 5 rings (SSSR count). The number of nitrogens with zero attached hydrogens (tertiary/aromatic N) is 3. The lowest BCUT2D eigenvalue weighted by molar-refractivity contribution is 0.0867. The molecule has 3 aliphatic rings. The number of fused-ring (bicyclic) bond motifs is 1. The van der Waals surface area contributed by atoms with Gasteiger partial charge in [0.05, 0.1) is 13.2 Å². The molecule has 1 aliphatic heterocycles. The topological polar surface area (TPSA) is 99.6 Å². The van der Waals surface area contributed by atoms with Crippen LogP contribution in [0.5, 0.6) is 5.75 Å². The van der Waals surface area contributed by atoms with Crippen LogP contribution in [0.15, 0.2) is 36.2 Å². The Morgan fingerprint density at radius 3 is 2.82 bits per heavy atom. The molecule has 1 aromatic carbocycles.